The van der Waals surface area contributed by atoms with Crippen LogP contribution in [0.4, 0.5) is 11.4 Å². The van der Waals surface area contributed by atoms with Crippen LogP contribution in [0.25, 0.3) is 33.1 Å². The Morgan fingerprint density at radius 2 is 1.34 bits per heavy atom. The number of furan rings is 1. The highest BCUT2D eigenvalue weighted by Gasteiger charge is 2.26. The smallest absolute Gasteiger partial charge is 0.137 e. The first-order valence-electron chi connectivity index (χ1n) is 10.8. The van der Waals surface area contributed by atoms with Crippen LogP contribution in [0.3, 0.4) is 0 Å². The van der Waals surface area contributed by atoms with Gasteiger partial charge in [-0.1, -0.05) is 48.5 Å². The molecule has 0 aliphatic rings. The first kappa shape index (κ1) is 19.9. The SMILES string of the molecule is CC(C)(C)N(c1ccc(-c2ccc(C#N)cc2)cc1)c1cccc2oc3ccccc3c12. The molecular formula is C29H24N2O. The molecule has 0 amide bonds. The van der Waals surface area contributed by atoms with Gasteiger partial charge in [0.25, 0.3) is 0 Å². The third-order valence-electron chi connectivity index (χ3n) is 5.77. The van der Waals surface area contributed by atoms with Crippen molar-refractivity contribution in [3.63, 3.8) is 0 Å². The molecule has 0 bridgehead atoms. The van der Waals surface area contributed by atoms with E-state index in [4.69, 9.17) is 9.68 Å². The minimum atomic E-state index is -0.150. The van der Waals surface area contributed by atoms with E-state index in [0.717, 1.165) is 44.4 Å². The van der Waals surface area contributed by atoms with Crippen LogP contribution < -0.4 is 4.90 Å². The number of nitrogens with zero attached hydrogens (tertiary/aromatic N) is 2. The third kappa shape index (κ3) is 3.40. The van der Waals surface area contributed by atoms with E-state index in [-0.39, 0.29) is 5.54 Å². The fraction of sp³-hybridized carbons (Fsp3) is 0.138. The van der Waals surface area contributed by atoms with E-state index < -0.39 is 0 Å². The molecule has 3 nitrogen and oxygen atoms in total. The largest absolute Gasteiger partial charge is 0.456 e. The maximum atomic E-state index is 9.04. The molecule has 0 unspecified atom stereocenters. The molecule has 4 aromatic carbocycles. The second kappa shape index (κ2) is 7.59. The molecule has 5 rings (SSSR count). The first-order chi connectivity index (χ1) is 15.5. The van der Waals surface area contributed by atoms with Crippen LogP contribution in [-0.2, 0) is 0 Å². The Kier molecular flexibility index (Phi) is 4.72. The van der Waals surface area contributed by atoms with Gasteiger partial charge in [0.2, 0.25) is 0 Å². The average Bonchev–Trinajstić information content (AvgIpc) is 3.18. The lowest BCUT2D eigenvalue weighted by Crippen LogP contribution is -2.37. The molecule has 1 heterocycles. The van der Waals surface area contributed by atoms with Crippen molar-refractivity contribution >= 4 is 33.3 Å². The summed E-state index contributed by atoms with van der Waals surface area (Å²) in [6, 6.07) is 33.0. The molecule has 5 aromatic rings. The molecular weight excluding hydrogens is 392 g/mol. The number of anilines is 2. The number of rotatable bonds is 3. The lowest BCUT2D eigenvalue weighted by Gasteiger charge is -2.38. The standard InChI is InChI=1S/C29H24N2O/c1-29(2,3)31(23-17-15-22(16-18-23)21-13-11-20(19-30)12-14-21)25-8-6-10-27-28(25)24-7-4-5-9-26(24)32-27/h4-18H,1-3H3. The molecule has 156 valence electrons. The van der Waals surface area contributed by atoms with E-state index in [2.05, 4.69) is 80.3 Å². The average molecular weight is 417 g/mol. The number of hydrogen-bond donors (Lipinski definition) is 0. The van der Waals surface area contributed by atoms with Gasteiger partial charge in [0.15, 0.2) is 0 Å². The van der Waals surface area contributed by atoms with Crippen molar-refractivity contribution < 1.29 is 4.42 Å². The fourth-order valence-corrected chi connectivity index (χ4v) is 4.37. The van der Waals surface area contributed by atoms with Gasteiger partial charge in [-0.05, 0) is 74.4 Å². The maximum Gasteiger partial charge on any atom is 0.137 e. The summed E-state index contributed by atoms with van der Waals surface area (Å²) in [5.41, 5.74) is 6.79. The van der Waals surface area contributed by atoms with Crippen molar-refractivity contribution in [2.24, 2.45) is 0 Å². The molecule has 0 spiro atoms. The zero-order chi connectivity index (χ0) is 22.3. The number of para-hydroxylation sites is 1. The zero-order valence-electron chi connectivity index (χ0n) is 18.5. The second-order valence-corrected chi connectivity index (χ2v) is 8.99. The first-order valence-corrected chi connectivity index (χ1v) is 10.8. The van der Waals surface area contributed by atoms with E-state index in [1.807, 2.05) is 42.5 Å². The molecule has 0 aliphatic heterocycles. The fourth-order valence-electron chi connectivity index (χ4n) is 4.37. The van der Waals surface area contributed by atoms with E-state index in [1.165, 1.54) is 0 Å². The van der Waals surface area contributed by atoms with Crippen molar-refractivity contribution in [3.8, 4) is 17.2 Å². The molecule has 0 N–H and O–H groups in total. The van der Waals surface area contributed by atoms with E-state index in [0.29, 0.717) is 5.56 Å². The Morgan fingerprint density at radius 3 is 2.00 bits per heavy atom. The van der Waals surface area contributed by atoms with Gasteiger partial charge in [0.1, 0.15) is 11.2 Å². The van der Waals surface area contributed by atoms with Crippen molar-refractivity contribution in [3.05, 3.63) is 96.6 Å². The number of hydrogen-bond acceptors (Lipinski definition) is 3. The molecule has 0 aliphatic carbocycles. The van der Waals surface area contributed by atoms with Gasteiger partial charge in [-0.15, -0.1) is 0 Å². The van der Waals surface area contributed by atoms with Gasteiger partial charge in [-0.25, -0.2) is 0 Å². The predicted molar refractivity (Wildman–Crippen MR) is 132 cm³/mol. The van der Waals surface area contributed by atoms with Crippen LogP contribution in [0, 0.1) is 11.3 Å². The third-order valence-corrected chi connectivity index (χ3v) is 5.77. The summed E-state index contributed by atoms with van der Waals surface area (Å²) < 4.78 is 6.14. The maximum absolute atomic E-state index is 9.04. The summed E-state index contributed by atoms with van der Waals surface area (Å²) in [5, 5.41) is 11.3. The minimum absolute atomic E-state index is 0.150. The summed E-state index contributed by atoms with van der Waals surface area (Å²) in [6.07, 6.45) is 0. The van der Waals surface area contributed by atoms with Crippen LogP contribution in [0.5, 0.6) is 0 Å². The van der Waals surface area contributed by atoms with Crippen molar-refractivity contribution in [2.75, 3.05) is 4.90 Å². The van der Waals surface area contributed by atoms with Crippen LogP contribution in [0.2, 0.25) is 0 Å². The van der Waals surface area contributed by atoms with Crippen molar-refractivity contribution in [2.45, 2.75) is 26.3 Å². The van der Waals surface area contributed by atoms with Crippen LogP contribution in [0.1, 0.15) is 26.3 Å². The summed E-state index contributed by atoms with van der Waals surface area (Å²) >= 11 is 0. The van der Waals surface area contributed by atoms with Gasteiger partial charge in [-0.3, -0.25) is 0 Å². The molecule has 0 saturated heterocycles. The minimum Gasteiger partial charge on any atom is -0.456 e. The van der Waals surface area contributed by atoms with E-state index in [1.54, 1.807) is 0 Å². The zero-order valence-corrected chi connectivity index (χ0v) is 18.5. The Hall–Kier alpha value is -4.03. The Bertz CT molecular complexity index is 1450. The van der Waals surface area contributed by atoms with Gasteiger partial charge >= 0.3 is 0 Å². The molecule has 0 atom stereocenters. The quantitative estimate of drug-likeness (QED) is 0.298. The Morgan fingerprint density at radius 1 is 0.719 bits per heavy atom. The highest BCUT2D eigenvalue weighted by Crippen LogP contribution is 2.42. The number of fused-ring (bicyclic) bond motifs is 3. The Labute approximate surface area is 188 Å². The molecule has 3 heteroatoms. The van der Waals surface area contributed by atoms with E-state index in [9.17, 15) is 0 Å². The predicted octanol–water partition coefficient (Wildman–Crippen LogP) is 8.06. The summed E-state index contributed by atoms with van der Waals surface area (Å²) in [7, 11) is 0. The van der Waals surface area contributed by atoms with Gasteiger partial charge < -0.3 is 9.32 Å². The van der Waals surface area contributed by atoms with Crippen LogP contribution in [0.15, 0.2) is 95.4 Å². The monoisotopic (exact) mass is 416 g/mol. The molecule has 0 fully saturated rings. The van der Waals surface area contributed by atoms with E-state index >= 15 is 0 Å². The van der Waals surface area contributed by atoms with Gasteiger partial charge in [-0.2, -0.15) is 5.26 Å². The highest BCUT2D eigenvalue weighted by molar-refractivity contribution is 6.12. The molecule has 32 heavy (non-hydrogen) atoms. The molecule has 1 aromatic heterocycles. The van der Waals surface area contributed by atoms with Gasteiger partial charge in [0.05, 0.1) is 22.7 Å². The summed E-state index contributed by atoms with van der Waals surface area (Å²) in [4.78, 5) is 2.37. The normalized spacial score (nSPS) is 11.6. The number of nitriles is 1. The second-order valence-electron chi connectivity index (χ2n) is 8.99. The molecule has 0 radical (unpaired) electrons. The lowest BCUT2D eigenvalue weighted by atomic mass is 9.99. The van der Waals surface area contributed by atoms with Gasteiger partial charge in [0, 0.05) is 16.6 Å². The topological polar surface area (TPSA) is 40.2 Å². The Balaban J connectivity index is 1.63. The van der Waals surface area contributed by atoms with Crippen molar-refractivity contribution in [1.29, 1.82) is 5.26 Å². The van der Waals surface area contributed by atoms with Crippen LogP contribution in [-0.4, -0.2) is 5.54 Å². The summed E-state index contributed by atoms with van der Waals surface area (Å²) in [6.45, 7) is 6.67. The van der Waals surface area contributed by atoms with Crippen LogP contribution >= 0.6 is 0 Å². The summed E-state index contributed by atoms with van der Waals surface area (Å²) in [5.74, 6) is 0. The lowest BCUT2D eigenvalue weighted by molar-refractivity contribution is 0.561. The molecule has 0 saturated carbocycles. The highest BCUT2D eigenvalue weighted by atomic mass is 16.3. The number of benzene rings is 4. The van der Waals surface area contributed by atoms with Crippen molar-refractivity contribution in [1.82, 2.24) is 0 Å².